The number of nitrogens with zero attached hydrogens (tertiary/aromatic N) is 4. The van der Waals surface area contributed by atoms with Gasteiger partial charge < -0.3 is 19.3 Å². The molecule has 3 atom stereocenters. The van der Waals surface area contributed by atoms with E-state index in [1.807, 2.05) is 4.90 Å². The van der Waals surface area contributed by atoms with Crippen LogP contribution in [0.1, 0.15) is 48.0 Å². The molecule has 2 aliphatic heterocycles. The molecule has 2 aliphatic rings. The Hall–Kier alpha value is -3.99. The highest BCUT2D eigenvalue weighted by Crippen LogP contribution is 2.50. The Morgan fingerprint density at radius 2 is 1.85 bits per heavy atom. The number of likely N-dealkylation sites (tertiary alicyclic amines) is 1. The van der Waals surface area contributed by atoms with Gasteiger partial charge in [0.25, 0.3) is 10.0 Å². The molecular formula is C32H32F4N4O6S2. The molecular weight excluding hydrogens is 676 g/mol. The molecule has 1 aromatic heterocycles. The highest BCUT2D eigenvalue weighted by molar-refractivity contribution is 7.93. The van der Waals surface area contributed by atoms with Gasteiger partial charge in [-0.3, -0.25) is 4.90 Å². The highest BCUT2D eigenvalue weighted by Gasteiger charge is 2.57. The minimum Gasteiger partial charge on any atom is -0.497 e. The van der Waals surface area contributed by atoms with E-state index in [0.717, 1.165) is 15.8 Å². The van der Waals surface area contributed by atoms with Gasteiger partial charge in [-0.2, -0.15) is 17.5 Å². The molecule has 0 bridgehead atoms. The number of piperidine rings is 1. The first-order valence-electron chi connectivity index (χ1n) is 14.9. The average Bonchev–Trinajstić information content (AvgIpc) is 3.61. The van der Waals surface area contributed by atoms with Crippen LogP contribution < -0.4 is 18.5 Å². The van der Waals surface area contributed by atoms with E-state index in [1.54, 1.807) is 24.3 Å². The number of aromatic nitrogens is 2. The summed E-state index contributed by atoms with van der Waals surface area (Å²) in [6, 6.07) is 13.3. The highest BCUT2D eigenvalue weighted by atomic mass is 32.2. The van der Waals surface area contributed by atoms with Crippen molar-refractivity contribution in [2.75, 3.05) is 31.7 Å². The molecule has 0 aliphatic carbocycles. The number of ether oxygens (including phenoxy) is 3. The lowest BCUT2D eigenvalue weighted by molar-refractivity contribution is -0.280. The van der Waals surface area contributed by atoms with Crippen LogP contribution in [0, 0.1) is 5.82 Å². The van der Waals surface area contributed by atoms with Gasteiger partial charge in [-0.25, -0.2) is 22.1 Å². The van der Waals surface area contributed by atoms with Crippen molar-refractivity contribution < 1.29 is 45.3 Å². The zero-order valence-corrected chi connectivity index (χ0v) is 27.5. The van der Waals surface area contributed by atoms with E-state index in [2.05, 4.69) is 9.36 Å². The SMILES string of the molecule is COc1ccc(CN(c2ncns2)S(=O)(=O)c2ccc3c(c2)OCCC3N2CC[C@@](O)(C(F)(F)F)C[C@H]2c2ccc(F)cc2)c(OC)c1. The zero-order chi connectivity index (χ0) is 34.3. The third-order valence-electron chi connectivity index (χ3n) is 8.85. The van der Waals surface area contributed by atoms with E-state index in [0.29, 0.717) is 34.6 Å². The number of methoxy groups -OCH3 is 2. The maximum atomic E-state index is 14.2. The molecule has 6 rings (SSSR count). The van der Waals surface area contributed by atoms with E-state index in [9.17, 15) is 31.1 Å². The van der Waals surface area contributed by atoms with Crippen molar-refractivity contribution in [3.8, 4) is 17.2 Å². The van der Waals surface area contributed by atoms with Crippen molar-refractivity contribution in [3.05, 3.63) is 89.5 Å². The third kappa shape index (κ3) is 6.41. The topological polar surface area (TPSA) is 114 Å². The molecule has 3 aromatic carbocycles. The van der Waals surface area contributed by atoms with Crippen molar-refractivity contribution in [1.82, 2.24) is 14.3 Å². The van der Waals surface area contributed by atoms with Crippen molar-refractivity contribution >= 4 is 26.7 Å². The molecule has 10 nitrogen and oxygen atoms in total. The maximum Gasteiger partial charge on any atom is 0.417 e. The number of anilines is 1. The van der Waals surface area contributed by atoms with Crippen LogP contribution in [0.2, 0.25) is 0 Å². The van der Waals surface area contributed by atoms with Gasteiger partial charge in [0, 0.05) is 66.3 Å². The number of sulfonamides is 1. The van der Waals surface area contributed by atoms with E-state index >= 15 is 0 Å². The first-order valence-corrected chi connectivity index (χ1v) is 17.1. The lowest BCUT2D eigenvalue weighted by Crippen LogP contribution is -2.55. The Balaban J connectivity index is 1.35. The van der Waals surface area contributed by atoms with E-state index in [1.165, 1.54) is 56.9 Å². The normalized spacial score (nSPS) is 21.6. The molecule has 0 amide bonds. The molecule has 0 spiro atoms. The molecule has 1 fully saturated rings. The van der Waals surface area contributed by atoms with Crippen molar-refractivity contribution in [3.63, 3.8) is 0 Å². The molecule has 1 N–H and O–H groups in total. The van der Waals surface area contributed by atoms with Gasteiger partial charge in [0.1, 0.15) is 29.4 Å². The third-order valence-corrected chi connectivity index (χ3v) is 11.4. The van der Waals surface area contributed by atoms with Crippen molar-refractivity contribution in [2.45, 2.75) is 54.6 Å². The van der Waals surface area contributed by atoms with Gasteiger partial charge >= 0.3 is 6.18 Å². The molecule has 1 unspecified atom stereocenters. The Kier molecular flexibility index (Phi) is 9.28. The fourth-order valence-electron chi connectivity index (χ4n) is 6.29. The van der Waals surface area contributed by atoms with Crippen LogP contribution in [0.15, 0.2) is 71.9 Å². The number of benzene rings is 3. The number of alkyl halides is 3. The predicted octanol–water partition coefficient (Wildman–Crippen LogP) is 6.04. The molecule has 0 saturated carbocycles. The van der Waals surface area contributed by atoms with Gasteiger partial charge in [0.15, 0.2) is 5.60 Å². The van der Waals surface area contributed by atoms with Gasteiger partial charge in [-0.15, -0.1) is 0 Å². The lowest BCUT2D eigenvalue weighted by Gasteiger charge is -2.48. The van der Waals surface area contributed by atoms with Crippen LogP contribution in [-0.4, -0.2) is 66.9 Å². The number of hydrogen-bond acceptors (Lipinski definition) is 10. The molecule has 256 valence electrons. The average molecular weight is 709 g/mol. The summed E-state index contributed by atoms with van der Waals surface area (Å²) in [5.74, 6) is 0.664. The smallest absolute Gasteiger partial charge is 0.417 e. The molecule has 1 saturated heterocycles. The maximum absolute atomic E-state index is 14.2. The van der Waals surface area contributed by atoms with Crippen LogP contribution in [0.25, 0.3) is 0 Å². The van der Waals surface area contributed by atoms with Gasteiger partial charge in [0.05, 0.1) is 32.3 Å². The largest absolute Gasteiger partial charge is 0.497 e. The second-order valence-electron chi connectivity index (χ2n) is 11.6. The summed E-state index contributed by atoms with van der Waals surface area (Å²) in [5, 5.41) is 10.8. The summed E-state index contributed by atoms with van der Waals surface area (Å²) in [7, 11) is -1.29. The van der Waals surface area contributed by atoms with E-state index in [4.69, 9.17) is 14.2 Å². The fourth-order valence-corrected chi connectivity index (χ4v) is 8.43. The van der Waals surface area contributed by atoms with Crippen LogP contribution in [-0.2, 0) is 16.6 Å². The molecule has 16 heteroatoms. The summed E-state index contributed by atoms with van der Waals surface area (Å²) in [5.41, 5.74) is -1.37. The van der Waals surface area contributed by atoms with Crippen LogP contribution in [0.4, 0.5) is 22.7 Å². The van der Waals surface area contributed by atoms with E-state index < -0.39 is 52.5 Å². The molecule has 48 heavy (non-hydrogen) atoms. The van der Waals surface area contributed by atoms with Crippen LogP contribution >= 0.6 is 11.5 Å². The second kappa shape index (κ2) is 13.1. The molecule has 0 radical (unpaired) electrons. The first kappa shape index (κ1) is 33.9. The fraction of sp³-hybridized carbons (Fsp3) is 0.375. The number of rotatable bonds is 9. The van der Waals surface area contributed by atoms with Crippen molar-refractivity contribution in [1.29, 1.82) is 0 Å². The summed E-state index contributed by atoms with van der Waals surface area (Å²) in [6.45, 7) is -0.0856. The summed E-state index contributed by atoms with van der Waals surface area (Å²) < 4.78 is 106. The summed E-state index contributed by atoms with van der Waals surface area (Å²) >= 11 is 0.900. The number of fused-ring (bicyclic) bond motifs is 1. The second-order valence-corrected chi connectivity index (χ2v) is 14.2. The zero-order valence-electron chi connectivity index (χ0n) is 25.9. The lowest BCUT2D eigenvalue weighted by atomic mass is 9.81. The number of hydrogen-bond donors (Lipinski definition) is 1. The molecule has 3 heterocycles. The quantitative estimate of drug-likeness (QED) is 0.208. The Labute approximate surface area is 278 Å². The number of aliphatic hydroxyl groups is 1. The van der Waals surface area contributed by atoms with Crippen molar-refractivity contribution in [2.24, 2.45) is 0 Å². The monoisotopic (exact) mass is 708 g/mol. The summed E-state index contributed by atoms with van der Waals surface area (Å²) in [4.78, 5) is 5.91. The van der Waals surface area contributed by atoms with Crippen LogP contribution in [0.5, 0.6) is 17.2 Å². The van der Waals surface area contributed by atoms with Gasteiger partial charge in [-0.05, 0) is 42.3 Å². The minimum absolute atomic E-state index is 0.0928. The predicted molar refractivity (Wildman–Crippen MR) is 168 cm³/mol. The van der Waals surface area contributed by atoms with Crippen LogP contribution in [0.3, 0.4) is 0 Å². The number of halogens is 4. The van der Waals surface area contributed by atoms with Gasteiger partial charge in [0.2, 0.25) is 5.13 Å². The van der Waals surface area contributed by atoms with Gasteiger partial charge in [-0.1, -0.05) is 18.2 Å². The molecule has 4 aromatic rings. The first-order chi connectivity index (χ1) is 22.8. The minimum atomic E-state index is -4.86. The Morgan fingerprint density at radius 3 is 2.52 bits per heavy atom. The van der Waals surface area contributed by atoms with E-state index in [-0.39, 0.29) is 35.5 Å². The summed E-state index contributed by atoms with van der Waals surface area (Å²) in [6.07, 6.45) is -4.41. The standard InChI is InChI=1S/C32H32F4N4O6S2/c1-44-23-8-5-21(28(15-23)45-2)18-40(30-37-19-38-47-30)48(42,43)24-9-10-25-26(11-14-46-29(25)16-24)39-13-12-31(41,32(34,35)36)17-27(39)20-3-6-22(33)7-4-20/h3-10,15-16,19,26-27,41H,11-14,17-18H2,1-2H3/t26?,27-,31-/m0/s1. The Morgan fingerprint density at radius 1 is 1.08 bits per heavy atom. The Bertz CT molecular complexity index is 1860.